The average molecular weight is 262 g/mol. The number of hydrogen-bond donors (Lipinski definition) is 0. The summed E-state index contributed by atoms with van der Waals surface area (Å²) in [6, 6.07) is 9.91. The molecule has 1 atom stereocenters. The van der Waals surface area contributed by atoms with E-state index >= 15 is 0 Å². The average Bonchev–Trinajstić information content (AvgIpc) is 2.73. The molecule has 5 nitrogen and oxygen atoms in total. The third-order valence-corrected chi connectivity index (χ3v) is 3.43. The number of urea groups is 1. The summed E-state index contributed by atoms with van der Waals surface area (Å²) in [5, 5.41) is 0. The van der Waals surface area contributed by atoms with Crippen LogP contribution in [0.25, 0.3) is 0 Å². The molecular weight excluding hydrogens is 244 g/mol. The van der Waals surface area contributed by atoms with Crippen LogP contribution in [-0.4, -0.2) is 49.0 Å². The number of benzene rings is 1. The van der Waals surface area contributed by atoms with E-state index in [1.165, 1.54) is 7.11 Å². The van der Waals surface area contributed by atoms with Gasteiger partial charge in [-0.1, -0.05) is 30.3 Å². The van der Waals surface area contributed by atoms with E-state index in [-0.39, 0.29) is 24.5 Å². The number of methoxy groups -OCH3 is 1. The lowest BCUT2D eigenvalue weighted by Crippen LogP contribution is -2.31. The Morgan fingerprint density at radius 2 is 2.05 bits per heavy atom. The zero-order valence-corrected chi connectivity index (χ0v) is 11.2. The van der Waals surface area contributed by atoms with Crippen molar-refractivity contribution in [3.05, 3.63) is 35.9 Å². The molecule has 0 N–H and O–H groups in total. The van der Waals surface area contributed by atoms with Crippen LogP contribution in [-0.2, 0) is 9.53 Å². The minimum absolute atomic E-state index is 0.0437. The number of nitrogens with zero attached hydrogens (tertiary/aromatic N) is 2. The van der Waals surface area contributed by atoms with Crippen molar-refractivity contribution in [3.63, 3.8) is 0 Å². The van der Waals surface area contributed by atoms with E-state index in [0.29, 0.717) is 13.1 Å². The summed E-state index contributed by atoms with van der Waals surface area (Å²) in [6.07, 6.45) is 0.234. The van der Waals surface area contributed by atoms with Gasteiger partial charge in [0.1, 0.15) is 0 Å². The highest BCUT2D eigenvalue weighted by Gasteiger charge is 2.35. The molecule has 0 bridgehead atoms. The van der Waals surface area contributed by atoms with Crippen LogP contribution in [0.4, 0.5) is 4.79 Å². The van der Waals surface area contributed by atoms with Gasteiger partial charge < -0.3 is 14.5 Å². The lowest BCUT2D eigenvalue weighted by molar-refractivity contribution is -0.140. The van der Waals surface area contributed by atoms with Crippen molar-refractivity contribution in [1.82, 2.24) is 9.80 Å². The first-order valence-corrected chi connectivity index (χ1v) is 6.27. The molecule has 0 aromatic heterocycles. The van der Waals surface area contributed by atoms with Crippen molar-refractivity contribution >= 4 is 12.0 Å². The standard InChI is InChI=1S/C14H18N2O3/c1-15-12(11-6-4-3-5-7-11)10-16(14(15)18)9-8-13(17)19-2/h3-7,12H,8-10H2,1-2H3. The Morgan fingerprint density at radius 3 is 2.68 bits per heavy atom. The highest BCUT2D eigenvalue weighted by atomic mass is 16.5. The summed E-state index contributed by atoms with van der Waals surface area (Å²) in [5.41, 5.74) is 1.11. The summed E-state index contributed by atoms with van der Waals surface area (Å²) in [4.78, 5) is 26.6. The molecular formula is C14H18N2O3. The van der Waals surface area contributed by atoms with E-state index in [0.717, 1.165) is 5.56 Å². The monoisotopic (exact) mass is 262 g/mol. The van der Waals surface area contributed by atoms with Gasteiger partial charge >= 0.3 is 12.0 Å². The van der Waals surface area contributed by atoms with Crippen LogP contribution in [0, 0.1) is 0 Å². The van der Waals surface area contributed by atoms with Gasteiger partial charge in [0, 0.05) is 20.1 Å². The van der Waals surface area contributed by atoms with Crippen molar-refractivity contribution in [2.45, 2.75) is 12.5 Å². The zero-order valence-electron chi connectivity index (χ0n) is 11.2. The molecule has 1 saturated heterocycles. The van der Waals surface area contributed by atoms with Gasteiger partial charge in [-0.25, -0.2) is 4.79 Å². The first kappa shape index (κ1) is 13.4. The van der Waals surface area contributed by atoms with Gasteiger partial charge in [0.2, 0.25) is 0 Å². The SMILES string of the molecule is COC(=O)CCN1CC(c2ccccc2)N(C)C1=O. The summed E-state index contributed by atoms with van der Waals surface area (Å²) >= 11 is 0. The number of ether oxygens (including phenoxy) is 1. The van der Waals surface area contributed by atoms with Crippen molar-refractivity contribution in [2.75, 3.05) is 27.2 Å². The number of esters is 1. The van der Waals surface area contributed by atoms with Crippen molar-refractivity contribution in [3.8, 4) is 0 Å². The minimum atomic E-state index is -0.293. The Balaban J connectivity index is 2.02. The van der Waals surface area contributed by atoms with E-state index in [1.54, 1.807) is 16.8 Å². The predicted octanol–water partition coefficient (Wildman–Crippen LogP) is 1.66. The molecule has 0 saturated carbocycles. The molecule has 19 heavy (non-hydrogen) atoms. The highest BCUT2D eigenvalue weighted by molar-refractivity contribution is 5.78. The Labute approximate surface area is 112 Å². The quantitative estimate of drug-likeness (QED) is 0.775. The van der Waals surface area contributed by atoms with Crippen molar-refractivity contribution in [2.24, 2.45) is 0 Å². The maximum Gasteiger partial charge on any atom is 0.320 e. The van der Waals surface area contributed by atoms with Gasteiger partial charge in [-0.2, -0.15) is 0 Å². The third kappa shape index (κ3) is 2.86. The molecule has 1 aromatic rings. The van der Waals surface area contributed by atoms with Crippen molar-refractivity contribution in [1.29, 1.82) is 0 Å². The molecule has 2 rings (SSSR count). The lowest BCUT2D eigenvalue weighted by atomic mass is 10.1. The Morgan fingerprint density at radius 1 is 1.37 bits per heavy atom. The summed E-state index contributed by atoms with van der Waals surface area (Å²) in [6.45, 7) is 1.01. The fourth-order valence-electron chi connectivity index (χ4n) is 2.29. The molecule has 2 amide bonds. The van der Waals surface area contributed by atoms with Gasteiger partial charge in [-0.05, 0) is 5.56 Å². The molecule has 1 aliphatic rings. The fourth-order valence-corrected chi connectivity index (χ4v) is 2.29. The number of carbonyl (C=O) groups excluding carboxylic acids is 2. The second-order valence-electron chi connectivity index (χ2n) is 4.59. The van der Waals surface area contributed by atoms with Crippen LogP contribution >= 0.6 is 0 Å². The summed E-state index contributed by atoms with van der Waals surface area (Å²) in [5.74, 6) is -0.293. The normalized spacial score (nSPS) is 18.8. The summed E-state index contributed by atoms with van der Waals surface area (Å²) in [7, 11) is 3.14. The number of amides is 2. The van der Waals surface area contributed by atoms with Crippen LogP contribution in [0.15, 0.2) is 30.3 Å². The van der Waals surface area contributed by atoms with E-state index in [4.69, 9.17) is 0 Å². The van der Waals surface area contributed by atoms with Gasteiger partial charge in [0.05, 0.1) is 19.6 Å². The molecule has 102 valence electrons. The van der Waals surface area contributed by atoms with Crippen LogP contribution in [0.3, 0.4) is 0 Å². The van der Waals surface area contributed by atoms with Gasteiger partial charge in [0.25, 0.3) is 0 Å². The van der Waals surface area contributed by atoms with Crippen molar-refractivity contribution < 1.29 is 14.3 Å². The Bertz CT molecular complexity index is 461. The van der Waals surface area contributed by atoms with Gasteiger partial charge in [-0.3, -0.25) is 4.79 Å². The maximum absolute atomic E-state index is 12.1. The fraction of sp³-hybridized carbons (Fsp3) is 0.429. The van der Waals surface area contributed by atoms with Crippen LogP contribution in [0.5, 0.6) is 0 Å². The molecule has 5 heteroatoms. The lowest BCUT2D eigenvalue weighted by Gasteiger charge is -2.17. The predicted molar refractivity (Wildman–Crippen MR) is 70.5 cm³/mol. The molecule has 1 aliphatic heterocycles. The number of carbonyl (C=O) groups is 2. The minimum Gasteiger partial charge on any atom is -0.469 e. The van der Waals surface area contributed by atoms with Crippen LogP contribution < -0.4 is 0 Å². The van der Waals surface area contributed by atoms with E-state index in [2.05, 4.69) is 4.74 Å². The topological polar surface area (TPSA) is 49.9 Å². The molecule has 0 radical (unpaired) electrons. The summed E-state index contributed by atoms with van der Waals surface area (Å²) < 4.78 is 4.59. The first-order valence-electron chi connectivity index (χ1n) is 6.27. The third-order valence-electron chi connectivity index (χ3n) is 3.43. The Kier molecular flexibility index (Phi) is 4.04. The number of likely N-dealkylation sites (N-methyl/N-ethyl adjacent to an activating group) is 1. The van der Waals surface area contributed by atoms with Gasteiger partial charge in [-0.15, -0.1) is 0 Å². The molecule has 1 heterocycles. The largest absolute Gasteiger partial charge is 0.469 e. The highest BCUT2D eigenvalue weighted by Crippen LogP contribution is 2.27. The second-order valence-corrected chi connectivity index (χ2v) is 4.59. The van der Waals surface area contributed by atoms with E-state index in [1.807, 2.05) is 30.3 Å². The smallest absolute Gasteiger partial charge is 0.320 e. The van der Waals surface area contributed by atoms with Crippen LogP contribution in [0.1, 0.15) is 18.0 Å². The molecule has 1 fully saturated rings. The number of rotatable bonds is 4. The van der Waals surface area contributed by atoms with Crippen LogP contribution in [0.2, 0.25) is 0 Å². The molecule has 1 unspecified atom stereocenters. The Hall–Kier alpha value is -2.04. The second kappa shape index (κ2) is 5.73. The van der Waals surface area contributed by atoms with E-state index in [9.17, 15) is 9.59 Å². The molecule has 0 spiro atoms. The molecule has 1 aromatic carbocycles. The molecule has 0 aliphatic carbocycles. The van der Waals surface area contributed by atoms with E-state index < -0.39 is 0 Å². The first-order chi connectivity index (χ1) is 9.13. The van der Waals surface area contributed by atoms with Gasteiger partial charge in [0.15, 0.2) is 0 Å². The maximum atomic E-state index is 12.1. The zero-order chi connectivity index (χ0) is 13.8. The number of hydrogen-bond acceptors (Lipinski definition) is 3.